The molecule has 0 aliphatic rings. The van der Waals surface area contributed by atoms with E-state index in [2.05, 4.69) is 10.5 Å². The number of alkyl halides is 3. The molecule has 0 saturated carbocycles. The van der Waals surface area contributed by atoms with E-state index in [4.69, 9.17) is 21.1 Å². The minimum absolute atomic E-state index is 0.0133. The molecule has 0 radical (unpaired) electrons. The van der Waals surface area contributed by atoms with Gasteiger partial charge in [-0.05, 0) is 42.5 Å². The molecule has 0 fully saturated rings. The molecular formula is C22H15ClF3N3O5. The van der Waals surface area contributed by atoms with Crippen molar-refractivity contribution in [2.75, 3.05) is 7.11 Å². The number of carbonyl (C=O) groups excluding carboxylic acids is 1. The predicted octanol–water partition coefficient (Wildman–Crippen LogP) is 5.83. The van der Waals surface area contributed by atoms with Crippen LogP contribution in [0.3, 0.4) is 0 Å². The first-order valence-electron chi connectivity index (χ1n) is 9.39. The second-order valence-electron chi connectivity index (χ2n) is 6.62. The molecule has 0 aliphatic carbocycles. The lowest BCUT2D eigenvalue weighted by Crippen LogP contribution is -2.18. The number of nitro groups is 1. The Morgan fingerprint density at radius 1 is 1.12 bits per heavy atom. The van der Waals surface area contributed by atoms with Crippen molar-refractivity contribution < 1.29 is 32.4 Å². The maximum absolute atomic E-state index is 13.0. The maximum Gasteiger partial charge on any atom is 0.416 e. The van der Waals surface area contributed by atoms with Gasteiger partial charge in [-0.1, -0.05) is 23.7 Å². The van der Waals surface area contributed by atoms with E-state index in [1.54, 1.807) is 12.1 Å². The van der Waals surface area contributed by atoms with Crippen LogP contribution in [0.25, 0.3) is 0 Å². The lowest BCUT2D eigenvalue weighted by Gasteiger charge is -2.12. The zero-order valence-electron chi connectivity index (χ0n) is 17.3. The fourth-order valence-corrected chi connectivity index (χ4v) is 2.98. The van der Waals surface area contributed by atoms with E-state index in [1.807, 2.05) is 0 Å². The van der Waals surface area contributed by atoms with Gasteiger partial charge in [-0.25, -0.2) is 5.43 Å². The average Bonchev–Trinajstić information content (AvgIpc) is 2.79. The quantitative estimate of drug-likeness (QED) is 0.253. The highest BCUT2D eigenvalue weighted by Gasteiger charge is 2.33. The van der Waals surface area contributed by atoms with Crippen LogP contribution in [0.2, 0.25) is 5.02 Å². The molecule has 1 amide bonds. The van der Waals surface area contributed by atoms with Crippen molar-refractivity contribution in [2.45, 2.75) is 6.18 Å². The summed E-state index contributed by atoms with van der Waals surface area (Å²) < 4.78 is 49.5. The van der Waals surface area contributed by atoms with E-state index >= 15 is 0 Å². The highest BCUT2D eigenvalue weighted by atomic mass is 35.5. The highest BCUT2D eigenvalue weighted by Crippen LogP contribution is 2.38. The molecule has 0 aromatic heterocycles. The average molecular weight is 494 g/mol. The first-order chi connectivity index (χ1) is 16.1. The van der Waals surface area contributed by atoms with Crippen molar-refractivity contribution in [3.63, 3.8) is 0 Å². The molecule has 8 nitrogen and oxygen atoms in total. The van der Waals surface area contributed by atoms with Gasteiger partial charge in [0.2, 0.25) is 5.75 Å². The Hall–Kier alpha value is -4.12. The number of nitro benzene ring substituents is 1. The number of ether oxygens (including phenoxy) is 2. The molecule has 3 aromatic carbocycles. The fraction of sp³-hybridized carbons (Fsp3) is 0.0909. The third-order valence-electron chi connectivity index (χ3n) is 4.41. The Morgan fingerprint density at radius 3 is 2.47 bits per heavy atom. The van der Waals surface area contributed by atoms with Crippen molar-refractivity contribution >= 4 is 29.4 Å². The van der Waals surface area contributed by atoms with Crippen LogP contribution >= 0.6 is 11.6 Å². The molecule has 3 rings (SSSR count). The fourth-order valence-electron chi connectivity index (χ4n) is 2.75. The number of carbonyl (C=O) groups is 1. The van der Waals surface area contributed by atoms with Gasteiger partial charge in [0, 0.05) is 11.6 Å². The Morgan fingerprint density at radius 2 is 1.82 bits per heavy atom. The number of methoxy groups -OCH3 is 1. The number of amides is 1. The summed E-state index contributed by atoms with van der Waals surface area (Å²) in [5.41, 5.74) is 0.623. The van der Waals surface area contributed by atoms with Gasteiger partial charge in [-0.2, -0.15) is 18.3 Å². The van der Waals surface area contributed by atoms with Gasteiger partial charge in [0.15, 0.2) is 0 Å². The maximum atomic E-state index is 13.0. The van der Waals surface area contributed by atoms with E-state index < -0.39 is 34.0 Å². The standard InChI is InChI=1S/C22H15ClF3N3O5/c1-33-15-7-9-19(34-20-8-6-14(22(24,25)26)11-18(20)29(31)32)13(10-15)12-27-28-21(30)16-4-2-3-5-17(16)23/h2-12H,1H3,(H,28,30)/b27-12-. The van der Waals surface area contributed by atoms with Crippen LogP contribution in [0.15, 0.2) is 65.8 Å². The molecule has 0 heterocycles. The lowest BCUT2D eigenvalue weighted by atomic mass is 10.1. The first kappa shape index (κ1) is 24.5. The van der Waals surface area contributed by atoms with Gasteiger partial charge in [-0.3, -0.25) is 14.9 Å². The SMILES string of the molecule is COc1ccc(Oc2ccc(C(F)(F)F)cc2[N+](=O)[O-])c(/C=N\NC(=O)c2ccccc2Cl)c1. The van der Waals surface area contributed by atoms with Crippen molar-refractivity contribution in [1.29, 1.82) is 0 Å². The summed E-state index contributed by atoms with van der Waals surface area (Å²) in [6, 6.07) is 12.5. The summed E-state index contributed by atoms with van der Waals surface area (Å²) in [6.07, 6.45) is -3.58. The number of nitrogens with zero attached hydrogens (tertiary/aromatic N) is 2. The molecule has 0 bridgehead atoms. The lowest BCUT2D eigenvalue weighted by molar-refractivity contribution is -0.385. The van der Waals surface area contributed by atoms with Crippen molar-refractivity contribution in [3.8, 4) is 17.2 Å². The third kappa shape index (κ3) is 5.81. The molecule has 0 unspecified atom stereocenters. The molecule has 176 valence electrons. The van der Waals surface area contributed by atoms with E-state index in [0.717, 1.165) is 6.07 Å². The van der Waals surface area contributed by atoms with E-state index in [-0.39, 0.29) is 21.9 Å². The molecule has 0 spiro atoms. The number of benzene rings is 3. The largest absolute Gasteiger partial charge is 0.497 e. The zero-order valence-corrected chi connectivity index (χ0v) is 18.1. The second-order valence-corrected chi connectivity index (χ2v) is 7.03. The summed E-state index contributed by atoms with van der Waals surface area (Å²) in [4.78, 5) is 22.6. The summed E-state index contributed by atoms with van der Waals surface area (Å²) in [5.74, 6) is -0.629. The van der Waals surface area contributed by atoms with Gasteiger partial charge in [0.1, 0.15) is 11.5 Å². The van der Waals surface area contributed by atoms with Crippen LogP contribution in [-0.2, 0) is 6.18 Å². The minimum atomic E-state index is -4.76. The summed E-state index contributed by atoms with van der Waals surface area (Å²) in [7, 11) is 1.40. The van der Waals surface area contributed by atoms with Crippen LogP contribution in [0.4, 0.5) is 18.9 Å². The summed E-state index contributed by atoms with van der Waals surface area (Å²) in [5, 5.41) is 15.4. The summed E-state index contributed by atoms with van der Waals surface area (Å²) >= 11 is 5.98. The predicted molar refractivity (Wildman–Crippen MR) is 118 cm³/mol. The molecule has 0 aliphatic heterocycles. The molecular weight excluding hydrogens is 479 g/mol. The van der Waals surface area contributed by atoms with Crippen molar-refractivity contribution in [1.82, 2.24) is 5.43 Å². The molecule has 0 atom stereocenters. The minimum Gasteiger partial charge on any atom is -0.497 e. The van der Waals surface area contributed by atoms with E-state index in [1.165, 1.54) is 43.7 Å². The van der Waals surface area contributed by atoms with Crippen LogP contribution in [-0.4, -0.2) is 24.2 Å². The molecule has 12 heteroatoms. The van der Waals surface area contributed by atoms with Gasteiger partial charge in [0.25, 0.3) is 5.91 Å². The number of hydrazone groups is 1. The number of halogens is 4. The number of hydrogen-bond acceptors (Lipinski definition) is 6. The summed E-state index contributed by atoms with van der Waals surface area (Å²) in [6.45, 7) is 0. The van der Waals surface area contributed by atoms with Crippen LogP contribution in [0, 0.1) is 10.1 Å². The van der Waals surface area contributed by atoms with Crippen molar-refractivity contribution in [3.05, 3.63) is 92.5 Å². The second kappa shape index (κ2) is 10.2. The third-order valence-corrected chi connectivity index (χ3v) is 4.74. The van der Waals surface area contributed by atoms with Gasteiger partial charge < -0.3 is 9.47 Å². The normalized spacial score (nSPS) is 11.3. The topological polar surface area (TPSA) is 103 Å². The number of rotatable bonds is 7. The number of hydrogen-bond donors (Lipinski definition) is 1. The Kier molecular flexibility index (Phi) is 7.37. The molecule has 1 N–H and O–H groups in total. The van der Waals surface area contributed by atoms with Crippen LogP contribution < -0.4 is 14.9 Å². The highest BCUT2D eigenvalue weighted by molar-refractivity contribution is 6.33. The van der Waals surface area contributed by atoms with Crippen LogP contribution in [0.5, 0.6) is 17.2 Å². The van der Waals surface area contributed by atoms with Gasteiger partial charge in [-0.15, -0.1) is 0 Å². The van der Waals surface area contributed by atoms with Crippen molar-refractivity contribution in [2.24, 2.45) is 5.10 Å². The Balaban J connectivity index is 1.90. The smallest absolute Gasteiger partial charge is 0.416 e. The molecule has 34 heavy (non-hydrogen) atoms. The zero-order chi connectivity index (χ0) is 24.9. The molecule has 3 aromatic rings. The van der Waals surface area contributed by atoms with Gasteiger partial charge in [0.05, 0.1) is 34.4 Å². The van der Waals surface area contributed by atoms with Gasteiger partial charge >= 0.3 is 11.9 Å². The van der Waals surface area contributed by atoms with Crippen LogP contribution in [0.1, 0.15) is 21.5 Å². The Labute approximate surface area is 195 Å². The van der Waals surface area contributed by atoms with E-state index in [0.29, 0.717) is 17.9 Å². The Bertz CT molecular complexity index is 1260. The number of nitrogens with one attached hydrogen (secondary N) is 1. The monoisotopic (exact) mass is 493 g/mol. The van der Waals surface area contributed by atoms with E-state index in [9.17, 15) is 28.1 Å². The first-order valence-corrected chi connectivity index (χ1v) is 9.77. The molecule has 0 saturated heterocycles.